The molecule has 2 rings (SSSR count). The second-order valence-electron chi connectivity index (χ2n) is 5.68. The molecule has 1 saturated heterocycles. The number of ether oxygens (including phenoxy) is 2. The quantitative estimate of drug-likeness (QED) is 0.836. The molecule has 1 fully saturated rings. The van der Waals surface area contributed by atoms with Gasteiger partial charge in [0.1, 0.15) is 11.8 Å². The molecule has 0 radical (unpaired) electrons. The average molecular weight is 289 g/mol. The molecule has 0 spiro atoms. The van der Waals surface area contributed by atoms with Crippen LogP contribution < -0.4 is 0 Å². The van der Waals surface area contributed by atoms with Gasteiger partial charge in [0.2, 0.25) is 0 Å². The van der Waals surface area contributed by atoms with E-state index in [9.17, 15) is 4.79 Å². The molecule has 112 valence electrons. The minimum absolute atomic E-state index is 0.152. The van der Waals surface area contributed by atoms with Crippen molar-refractivity contribution in [3.8, 4) is 6.07 Å². The number of nitrogens with zero attached hydrogens (tertiary/aromatic N) is 3. The normalized spacial score (nSPS) is 20.9. The molecular formula is C15H19N3O3. The van der Waals surface area contributed by atoms with Gasteiger partial charge in [0, 0.05) is 26.4 Å². The first-order chi connectivity index (χ1) is 9.95. The van der Waals surface area contributed by atoms with E-state index in [2.05, 4.69) is 4.98 Å². The molecule has 2 heterocycles. The first-order valence-electron chi connectivity index (χ1n) is 6.77. The summed E-state index contributed by atoms with van der Waals surface area (Å²) in [4.78, 5) is 18.3. The van der Waals surface area contributed by atoms with E-state index < -0.39 is 5.60 Å². The Balaban J connectivity index is 2.14. The molecule has 1 unspecified atom stereocenters. The number of rotatable bonds is 3. The minimum Gasteiger partial charge on any atom is -0.382 e. The van der Waals surface area contributed by atoms with Crippen molar-refractivity contribution >= 4 is 5.91 Å². The number of pyridine rings is 1. The summed E-state index contributed by atoms with van der Waals surface area (Å²) >= 11 is 0. The zero-order valence-electron chi connectivity index (χ0n) is 12.5. The summed E-state index contributed by atoms with van der Waals surface area (Å²) in [5, 5.41) is 8.76. The van der Waals surface area contributed by atoms with Gasteiger partial charge in [-0.1, -0.05) is 0 Å². The van der Waals surface area contributed by atoms with Crippen LogP contribution in [0.25, 0.3) is 0 Å². The number of amides is 1. The zero-order chi connectivity index (χ0) is 15.5. The molecule has 21 heavy (non-hydrogen) atoms. The van der Waals surface area contributed by atoms with Gasteiger partial charge in [0.05, 0.1) is 23.9 Å². The third-order valence-corrected chi connectivity index (χ3v) is 3.23. The Kier molecular flexibility index (Phi) is 4.56. The Hall–Kier alpha value is -1.97. The van der Waals surface area contributed by atoms with Crippen molar-refractivity contribution in [2.24, 2.45) is 0 Å². The smallest absolute Gasteiger partial charge is 0.272 e. The first kappa shape index (κ1) is 15.4. The van der Waals surface area contributed by atoms with Gasteiger partial charge in [-0.15, -0.1) is 0 Å². The molecule has 1 aromatic heterocycles. The third kappa shape index (κ3) is 3.78. The minimum atomic E-state index is -0.427. The fourth-order valence-electron chi connectivity index (χ4n) is 2.47. The summed E-state index contributed by atoms with van der Waals surface area (Å²) in [6.45, 7) is 5.29. The molecule has 1 aliphatic heterocycles. The fraction of sp³-hybridized carbons (Fsp3) is 0.533. The lowest BCUT2D eigenvalue weighted by Crippen LogP contribution is -2.55. The Morgan fingerprint density at radius 2 is 2.38 bits per heavy atom. The van der Waals surface area contributed by atoms with Crippen LogP contribution in [0.1, 0.15) is 29.9 Å². The first-order valence-corrected chi connectivity index (χ1v) is 6.77. The van der Waals surface area contributed by atoms with Crippen molar-refractivity contribution in [2.75, 3.05) is 26.8 Å². The van der Waals surface area contributed by atoms with Crippen LogP contribution in [0.4, 0.5) is 0 Å². The predicted molar refractivity (Wildman–Crippen MR) is 75.7 cm³/mol. The Morgan fingerprint density at radius 3 is 2.95 bits per heavy atom. The molecule has 0 aromatic carbocycles. The van der Waals surface area contributed by atoms with Crippen molar-refractivity contribution in [3.05, 3.63) is 29.6 Å². The molecular weight excluding hydrogens is 270 g/mol. The van der Waals surface area contributed by atoms with E-state index in [1.54, 1.807) is 24.1 Å². The maximum absolute atomic E-state index is 12.5. The highest BCUT2D eigenvalue weighted by atomic mass is 16.5. The number of nitriles is 1. The summed E-state index contributed by atoms with van der Waals surface area (Å²) in [6, 6.07) is 5.16. The molecule has 1 atom stereocenters. The number of methoxy groups -OCH3 is 1. The zero-order valence-corrected chi connectivity index (χ0v) is 12.5. The van der Waals surface area contributed by atoms with E-state index in [4.69, 9.17) is 14.7 Å². The standard InChI is InChI=1S/C15H19N3O3/c1-15(2)10-18(8-12(21-15)9-20-3)14(19)13-5-4-11(6-16)7-17-13/h4-5,7,12H,8-10H2,1-3H3. The maximum atomic E-state index is 12.5. The van der Waals surface area contributed by atoms with Crippen molar-refractivity contribution < 1.29 is 14.3 Å². The van der Waals surface area contributed by atoms with Crippen LogP contribution in [-0.2, 0) is 9.47 Å². The van der Waals surface area contributed by atoms with Crippen LogP contribution in [0.15, 0.2) is 18.3 Å². The summed E-state index contributed by atoms with van der Waals surface area (Å²) in [5.41, 5.74) is 0.345. The van der Waals surface area contributed by atoms with Crippen molar-refractivity contribution in [1.29, 1.82) is 5.26 Å². The molecule has 0 bridgehead atoms. The number of hydrogen-bond donors (Lipinski definition) is 0. The number of hydrogen-bond acceptors (Lipinski definition) is 5. The van der Waals surface area contributed by atoms with Crippen LogP contribution >= 0.6 is 0 Å². The third-order valence-electron chi connectivity index (χ3n) is 3.23. The lowest BCUT2D eigenvalue weighted by molar-refractivity contribution is -0.143. The molecule has 1 aromatic rings. The SMILES string of the molecule is COCC1CN(C(=O)c2ccc(C#N)cn2)CC(C)(C)O1. The lowest BCUT2D eigenvalue weighted by atomic mass is 10.0. The lowest BCUT2D eigenvalue weighted by Gasteiger charge is -2.42. The number of carbonyl (C=O) groups excluding carboxylic acids is 1. The van der Waals surface area contributed by atoms with Gasteiger partial charge in [-0.2, -0.15) is 5.26 Å². The average Bonchev–Trinajstić information content (AvgIpc) is 2.45. The van der Waals surface area contributed by atoms with E-state index in [0.29, 0.717) is 31.0 Å². The van der Waals surface area contributed by atoms with Crippen molar-refractivity contribution in [2.45, 2.75) is 25.6 Å². The molecule has 0 saturated carbocycles. The highest BCUT2D eigenvalue weighted by molar-refractivity contribution is 5.92. The van der Waals surface area contributed by atoms with Crippen molar-refractivity contribution in [1.82, 2.24) is 9.88 Å². The summed E-state index contributed by atoms with van der Waals surface area (Å²) in [5.74, 6) is -0.156. The second-order valence-corrected chi connectivity index (χ2v) is 5.68. The highest BCUT2D eigenvalue weighted by Crippen LogP contribution is 2.22. The predicted octanol–water partition coefficient (Wildman–Crippen LogP) is 1.22. The molecule has 1 amide bonds. The number of aromatic nitrogens is 1. The van der Waals surface area contributed by atoms with Crippen LogP contribution in [0.2, 0.25) is 0 Å². The molecule has 1 aliphatic rings. The van der Waals surface area contributed by atoms with Gasteiger partial charge in [0.25, 0.3) is 5.91 Å². The van der Waals surface area contributed by atoms with Crippen LogP contribution in [0, 0.1) is 11.3 Å². The Bertz CT molecular complexity index is 548. The summed E-state index contributed by atoms with van der Waals surface area (Å²) < 4.78 is 11.0. The van der Waals surface area contributed by atoms with E-state index in [0.717, 1.165) is 0 Å². The van der Waals surface area contributed by atoms with Gasteiger partial charge < -0.3 is 14.4 Å². The van der Waals surface area contributed by atoms with Gasteiger partial charge in [-0.3, -0.25) is 4.79 Å². The monoisotopic (exact) mass is 289 g/mol. The van der Waals surface area contributed by atoms with Gasteiger partial charge in [-0.05, 0) is 26.0 Å². The van der Waals surface area contributed by atoms with Crippen LogP contribution in [0.5, 0.6) is 0 Å². The summed E-state index contributed by atoms with van der Waals surface area (Å²) in [6.07, 6.45) is 1.26. The largest absolute Gasteiger partial charge is 0.382 e. The van der Waals surface area contributed by atoms with Gasteiger partial charge in [0.15, 0.2) is 0 Å². The maximum Gasteiger partial charge on any atom is 0.272 e. The highest BCUT2D eigenvalue weighted by Gasteiger charge is 2.36. The van der Waals surface area contributed by atoms with Gasteiger partial charge >= 0.3 is 0 Å². The van der Waals surface area contributed by atoms with E-state index in [1.807, 2.05) is 19.9 Å². The van der Waals surface area contributed by atoms with Crippen LogP contribution in [0.3, 0.4) is 0 Å². The number of carbonyl (C=O) groups is 1. The van der Waals surface area contributed by atoms with E-state index >= 15 is 0 Å². The molecule has 0 N–H and O–H groups in total. The van der Waals surface area contributed by atoms with Crippen molar-refractivity contribution in [3.63, 3.8) is 0 Å². The Morgan fingerprint density at radius 1 is 1.62 bits per heavy atom. The fourth-order valence-corrected chi connectivity index (χ4v) is 2.47. The Labute approximate surface area is 124 Å². The topological polar surface area (TPSA) is 75.5 Å². The molecule has 6 nitrogen and oxygen atoms in total. The van der Waals surface area contributed by atoms with Crippen LogP contribution in [-0.4, -0.2) is 54.3 Å². The van der Waals surface area contributed by atoms with E-state index in [1.165, 1.54) is 6.20 Å². The van der Waals surface area contributed by atoms with E-state index in [-0.39, 0.29) is 12.0 Å². The summed E-state index contributed by atoms with van der Waals surface area (Å²) in [7, 11) is 1.61. The van der Waals surface area contributed by atoms with Gasteiger partial charge in [-0.25, -0.2) is 4.98 Å². The number of morpholine rings is 1. The molecule has 6 heteroatoms. The molecule has 0 aliphatic carbocycles. The second kappa shape index (κ2) is 6.20.